The number of hydrogen-bond donors (Lipinski definition) is 1. The van der Waals surface area contributed by atoms with Crippen LogP contribution in [-0.2, 0) is 6.54 Å². The van der Waals surface area contributed by atoms with Crippen molar-refractivity contribution in [3.8, 4) is 17.1 Å². The molecule has 1 fully saturated rings. The van der Waals surface area contributed by atoms with Gasteiger partial charge < -0.3 is 10.1 Å². The molecule has 0 bridgehead atoms. The number of nitrogens with one attached hydrogen (secondary N) is 1. The van der Waals surface area contributed by atoms with E-state index in [9.17, 15) is 9.18 Å². The fraction of sp³-hybridized carbons (Fsp3) is 0.429. The van der Waals surface area contributed by atoms with E-state index in [-0.39, 0.29) is 22.3 Å². The summed E-state index contributed by atoms with van der Waals surface area (Å²) in [4.78, 5) is 25.7. The lowest BCUT2D eigenvalue weighted by molar-refractivity contribution is 0.413. The Morgan fingerprint density at radius 2 is 2.10 bits per heavy atom. The SMILES string of the molecule is CCCCCn1cnc2cc(-c3ncc(OC)c(NC4CC4)n3)c(F)cc2c1=O. The van der Waals surface area contributed by atoms with Gasteiger partial charge in [0.25, 0.3) is 5.56 Å². The summed E-state index contributed by atoms with van der Waals surface area (Å²) in [7, 11) is 1.54. The summed E-state index contributed by atoms with van der Waals surface area (Å²) in [5, 5.41) is 3.53. The van der Waals surface area contributed by atoms with Crippen LogP contribution in [0.1, 0.15) is 39.0 Å². The van der Waals surface area contributed by atoms with Gasteiger partial charge in [0.05, 0.1) is 36.1 Å². The molecule has 0 saturated heterocycles. The molecule has 0 unspecified atom stereocenters. The van der Waals surface area contributed by atoms with Crippen molar-refractivity contribution < 1.29 is 9.13 Å². The molecule has 2 aromatic heterocycles. The Labute approximate surface area is 168 Å². The lowest BCUT2D eigenvalue weighted by Crippen LogP contribution is -2.21. The number of anilines is 1. The van der Waals surface area contributed by atoms with E-state index in [1.54, 1.807) is 11.7 Å². The van der Waals surface area contributed by atoms with Crippen molar-refractivity contribution in [3.05, 3.63) is 40.8 Å². The number of aryl methyl sites for hydroxylation is 1. The number of benzene rings is 1. The largest absolute Gasteiger partial charge is 0.491 e. The van der Waals surface area contributed by atoms with Crippen molar-refractivity contribution in [2.45, 2.75) is 51.6 Å². The third kappa shape index (κ3) is 4.06. The van der Waals surface area contributed by atoms with Crippen LogP contribution in [0.15, 0.2) is 29.5 Å². The van der Waals surface area contributed by atoms with E-state index in [0.29, 0.717) is 29.7 Å². The van der Waals surface area contributed by atoms with Crippen LogP contribution in [0.5, 0.6) is 5.75 Å². The van der Waals surface area contributed by atoms with E-state index in [4.69, 9.17) is 4.74 Å². The number of hydrogen-bond acceptors (Lipinski definition) is 6. The summed E-state index contributed by atoms with van der Waals surface area (Å²) in [6, 6.07) is 3.13. The van der Waals surface area contributed by atoms with Crippen molar-refractivity contribution in [2.75, 3.05) is 12.4 Å². The Hall–Kier alpha value is -3.03. The third-order valence-electron chi connectivity index (χ3n) is 5.05. The number of halogens is 1. The molecule has 152 valence electrons. The highest BCUT2D eigenvalue weighted by atomic mass is 19.1. The molecule has 1 aromatic carbocycles. The molecule has 1 aliphatic rings. The van der Waals surface area contributed by atoms with Gasteiger partial charge in [-0.25, -0.2) is 19.3 Å². The molecular formula is C21H24FN5O2. The number of methoxy groups -OCH3 is 1. The molecule has 2 heterocycles. The Morgan fingerprint density at radius 3 is 2.83 bits per heavy atom. The highest BCUT2D eigenvalue weighted by Crippen LogP contribution is 2.31. The number of nitrogens with zero attached hydrogens (tertiary/aromatic N) is 4. The molecular weight excluding hydrogens is 373 g/mol. The van der Waals surface area contributed by atoms with Gasteiger partial charge in [-0.1, -0.05) is 19.8 Å². The fourth-order valence-electron chi connectivity index (χ4n) is 3.22. The van der Waals surface area contributed by atoms with Crippen LogP contribution in [0.25, 0.3) is 22.3 Å². The van der Waals surface area contributed by atoms with Gasteiger partial charge in [-0.3, -0.25) is 9.36 Å². The minimum absolute atomic E-state index is 0.203. The lowest BCUT2D eigenvalue weighted by atomic mass is 10.1. The number of ether oxygens (including phenoxy) is 1. The third-order valence-corrected chi connectivity index (χ3v) is 5.05. The van der Waals surface area contributed by atoms with Gasteiger partial charge >= 0.3 is 0 Å². The molecule has 0 radical (unpaired) electrons. The Morgan fingerprint density at radius 1 is 1.28 bits per heavy atom. The predicted molar refractivity (Wildman–Crippen MR) is 110 cm³/mol. The zero-order chi connectivity index (χ0) is 20.4. The molecule has 8 heteroatoms. The van der Waals surface area contributed by atoms with Gasteiger partial charge in [0.15, 0.2) is 17.4 Å². The molecule has 4 rings (SSSR count). The fourth-order valence-corrected chi connectivity index (χ4v) is 3.22. The van der Waals surface area contributed by atoms with Crippen LogP contribution in [0.4, 0.5) is 10.2 Å². The number of aromatic nitrogens is 4. The number of fused-ring (bicyclic) bond motifs is 1. The van der Waals surface area contributed by atoms with Crippen molar-refractivity contribution >= 4 is 16.7 Å². The van der Waals surface area contributed by atoms with Crippen molar-refractivity contribution in [1.29, 1.82) is 0 Å². The van der Waals surface area contributed by atoms with Gasteiger partial charge in [-0.2, -0.15) is 0 Å². The van der Waals surface area contributed by atoms with Crippen LogP contribution in [0.2, 0.25) is 0 Å². The summed E-state index contributed by atoms with van der Waals surface area (Å²) in [5.74, 6) is 0.723. The first-order valence-corrected chi connectivity index (χ1v) is 9.97. The van der Waals surface area contributed by atoms with E-state index >= 15 is 0 Å². The molecule has 0 spiro atoms. The summed E-state index contributed by atoms with van der Waals surface area (Å²) in [5.41, 5.74) is 0.396. The summed E-state index contributed by atoms with van der Waals surface area (Å²) in [6.07, 6.45) is 8.17. The minimum atomic E-state index is -0.551. The van der Waals surface area contributed by atoms with Crippen molar-refractivity contribution in [3.63, 3.8) is 0 Å². The Bertz CT molecular complexity index is 1090. The first kappa shape index (κ1) is 19.3. The molecule has 29 heavy (non-hydrogen) atoms. The second-order valence-electron chi connectivity index (χ2n) is 7.33. The summed E-state index contributed by atoms with van der Waals surface area (Å²) < 4.78 is 21.7. The van der Waals surface area contributed by atoms with Gasteiger partial charge in [0.1, 0.15) is 5.82 Å². The standard InChI is InChI=1S/C21H24FN5O2/c1-3-4-5-8-27-12-24-17-10-14(16(22)9-15(17)21(27)28)19-23-11-18(29-2)20(26-19)25-13-6-7-13/h9-13H,3-8H2,1-2H3,(H,23,25,26). The van der Waals surface area contributed by atoms with Gasteiger partial charge in [0, 0.05) is 12.6 Å². The zero-order valence-corrected chi connectivity index (χ0v) is 16.6. The first-order valence-electron chi connectivity index (χ1n) is 9.97. The van der Waals surface area contributed by atoms with E-state index in [0.717, 1.165) is 32.1 Å². The molecule has 0 atom stereocenters. The van der Waals surface area contributed by atoms with Gasteiger partial charge in [-0.05, 0) is 31.4 Å². The smallest absolute Gasteiger partial charge is 0.261 e. The first-order chi connectivity index (χ1) is 14.1. The summed E-state index contributed by atoms with van der Waals surface area (Å²) >= 11 is 0. The normalized spacial score (nSPS) is 13.6. The maximum atomic E-state index is 14.9. The van der Waals surface area contributed by atoms with E-state index in [1.807, 2.05) is 0 Å². The Balaban J connectivity index is 1.72. The van der Waals surface area contributed by atoms with Crippen LogP contribution in [-0.4, -0.2) is 32.7 Å². The van der Waals surface area contributed by atoms with Crippen molar-refractivity contribution in [2.24, 2.45) is 0 Å². The van der Waals surface area contributed by atoms with Gasteiger partial charge in [-0.15, -0.1) is 0 Å². The summed E-state index contributed by atoms with van der Waals surface area (Å²) in [6.45, 7) is 2.68. The maximum Gasteiger partial charge on any atom is 0.261 e. The molecule has 1 aliphatic carbocycles. The average Bonchev–Trinajstić information content (AvgIpc) is 3.54. The monoisotopic (exact) mass is 397 g/mol. The topological polar surface area (TPSA) is 81.9 Å². The molecule has 0 aliphatic heterocycles. The molecule has 0 amide bonds. The average molecular weight is 397 g/mol. The van der Waals surface area contributed by atoms with Crippen LogP contribution in [0.3, 0.4) is 0 Å². The number of unbranched alkanes of at least 4 members (excludes halogenated alkanes) is 2. The molecule has 1 saturated carbocycles. The van der Waals surface area contributed by atoms with Gasteiger partial charge in [0.2, 0.25) is 0 Å². The lowest BCUT2D eigenvalue weighted by Gasteiger charge is -2.12. The quantitative estimate of drug-likeness (QED) is 0.583. The number of rotatable bonds is 8. The second kappa shape index (κ2) is 8.14. The van der Waals surface area contributed by atoms with E-state index in [2.05, 4.69) is 27.2 Å². The van der Waals surface area contributed by atoms with E-state index < -0.39 is 5.82 Å². The Kier molecular flexibility index (Phi) is 5.42. The van der Waals surface area contributed by atoms with Crippen molar-refractivity contribution in [1.82, 2.24) is 19.5 Å². The van der Waals surface area contributed by atoms with Crippen LogP contribution in [0, 0.1) is 5.82 Å². The molecule has 3 aromatic rings. The van der Waals surface area contributed by atoms with Crippen LogP contribution < -0.4 is 15.6 Å². The molecule has 7 nitrogen and oxygen atoms in total. The predicted octanol–water partition coefficient (Wildman–Crippen LogP) is 3.77. The second-order valence-corrected chi connectivity index (χ2v) is 7.33. The highest BCUT2D eigenvalue weighted by molar-refractivity contribution is 5.82. The zero-order valence-electron chi connectivity index (χ0n) is 16.6. The minimum Gasteiger partial charge on any atom is -0.491 e. The maximum absolute atomic E-state index is 14.9. The highest BCUT2D eigenvalue weighted by Gasteiger charge is 2.24. The van der Waals surface area contributed by atoms with E-state index in [1.165, 1.54) is 24.7 Å². The van der Waals surface area contributed by atoms with Crippen LogP contribution >= 0.6 is 0 Å². The molecule has 1 N–H and O–H groups in total.